The summed E-state index contributed by atoms with van der Waals surface area (Å²) in [6, 6.07) is 14.6. The van der Waals surface area contributed by atoms with Crippen LogP contribution in [0, 0.1) is 11.3 Å². The van der Waals surface area contributed by atoms with Crippen LogP contribution in [-0.2, 0) is 4.79 Å². The molecular weight excluding hydrogens is 320 g/mol. The SMILES string of the molecule is CCOc1ccc(C=C(C#N)C(=O)Nc2cccc(C(=O)O)c2)cc1. The Bertz CT molecular complexity index is 848. The monoisotopic (exact) mass is 336 g/mol. The van der Waals surface area contributed by atoms with Gasteiger partial charge in [-0.2, -0.15) is 5.26 Å². The maximum absolute atomic E-state index is 12.2. The summed E-state index contributed by atoms with van der Waals surface area (Å²) in [5.41, 5.74) is 0.934. The molecule has 25 heavy (non-hydrogen) atoms. The van der Waals surface area contributed by atoms with Gasteiger partial charge in [0.05, 0.1) is 12.2 Å². The number of carbonyl (C=O) groups is 2. The number of anilines is 1. The van der Waals surface area contributed by atoms with E-state index >= 15 is 0 Å². The Kier molecular flexibility index (Phi) is 5.91. The van der Waals surface area contributed by atoms with Gasteiger partial charge in [0.25, 0.3) is 5.91 Å². The van der Waals surface area contributed by atoms with Crippen molar-refractivity contribution in [2.45, 2.75) is 6.92 Å². The second-order valence-corrected chi connectivity index (χ2v) is 5.01. The topological polar surface area (TPSA) is 99.4 Å². The van der Waals surface area contributed by atoms with Gasteiger partial charge in [0.15, 0.2) is 0 Å². The van der Waals surface area contributed by atoms with E-state index in [2.05, 4.69) is 5.32 Å². The quantitative estimate of drug-likeness (QED) is 0.622. The van der Waals surface area contributed by atoms with E-state index in [-0.39, 0.29) is 11.1 Å². The number of nitriles is 1. The smallest absolute Gasteiger partial charge is 0.335 e. The minimum absolute atomic E-state index is 0.0480. The molecule has 0 bridgehead atoms. The van der Waals surface area contributed by atoms with Gasteiger partial charge in [-0.05, 0) is 48.9 Å². The zero-order valence-electron chi connectivity index (χ0n) is 13.5. The average Bonchev–Trinajstić information content (AvgIpc) is 2.61. The molecule has 0 atom stereocenters. The van der Waals surface area contributed by atoms with Crippen LogP contribution in [0.25, 0.3) is 6.08 Å². The molecule has 126 valence electrons. The summed E-state index contributed by atoms with van der Waals surface area (Å²) >= 11 is 0. The number of aromatic carboxylic acids is 1. The first-order valence-corrected chi connectivity index (χ1v) is 7.53. The van der Waals surface area contributed by atoms with Crippen LogP contribution in [0.4, 0.5) is 5.69 Å². The van der Waals surface area contributed by atoms with Crippen LogP contribution < -0.4 is 10.1 Å². The highest BCUT2D eigenvalue weighted by atomic mass is 16.5. The van der Waals surface area contributed by atoms with E-state index in [0.717, 1.165) is 0 Å². The van der Waals surface area contributed by atoms with Crippen molar-refractivity contribution < 1.29 is 19.4 Å². The molecule has 0 aliphatic heterocycles. The fourth-order valence-electron chi connectivity index (χ4n) is 2.07. The third-order valence-corrected chi connectivity index (χ3v) is 3.23. The largest absolute Gasteiger partial charge is 0.494 e. The molecule has 2 rings (SSSR count). The summed E-state index contributed by atoms with van der Waals surface area (Å²) in [5.74, 6) is -1.01. The molecule has 2 N–H and O–H groups in total. The maximum Gasteiger partial charge on any atom is 0.335 e. The lowest BCUT2D eigenvalue weighted by Gasteiger charge is -2.06. The number of benzene rings is 2. The summed E-state index contributed by atoms with van der Waals surface area (Å²) in [7, 11) is 0. The van der Waals surface area contributed by atoms with Crippen LogP contribution in [0.1, 0.15) is 22.8 Å². The normalized spacial score (nSPS) is 10.6. The summed E-state index contributed by atoms with van der Waals surface area (Å²) in [6.07, 6.45) is 1.45. The molecule has 0 aliphatic carbocycles. The van der Waals surface area contributed by atoms with Crippen LogP contribution in [0.5, 0.6) is 5.75 Å². The van der Waals surface area contributed by atoms with E-state index in [1.165, 1.54) is 24.3 Å². The molecule has 0 radical (unpaired) electrons. The minimum atomic E-state index is -1.10. The van der Waals surface area contributed by atoms with E-state index < -0.39 is 11.9 Å². The van der Waals surface area contributed by atoms with Crippen molar-refractivity contribution in [3.05, 3.63) is 65.2 Å². The second-order valence-electron chi connectivity index (χ2n) is 5.01. The van der Waals surface area contributed by atoms with Crippen LogP contribution >= 0.6 is 0 Å². The van der Waals surface area contributed by atoms with Gasteiger partial charge in [0.2, 0.25) is 0 Å². The predicted octanol–water partition coefficient (Wildman–Crippen LogP) is 3.33. The lowest BCUT2D eigenvalue weighted by molar-refractivity contribution is -0.112. The van der Waals surface area contributed by atoms with Crippen molar-refractivity contribution >= 4 is 23.6 Å². The summed E-state index contributed by atoms with van der Waals surface area (Å²) in [5, 5.41) is 20.7. The molecule has 2 aromatic carbocycles. The maximum atomic E-state index is 12.2. The van der Waals surface area contributed by atoms with Gasteiger partial charge in [-0.1, -0.05) is 18.2 Å². The van der Waals surface area contributed by atoms with Crippen molar-refractivity contribution in [2.75, 3.05) is 11.9 Å². The number of rotatable bonds is 6. The summed E-state index contributed by atoms with van der Waals surface area (Å²) in [6.45, 7) is 2.43. The number of hydrogen-bond donors (Lipinski definition) is 2. The molecule has 6 heteroatoms. The Morgan fingerprint density at radius 3 is 2.56 bits per heavy atom. The number of ether oxygens (including phenoxy) is 1. The average molecular weight is 336 g/mol. The van der Waals surface area contributed by atoms with Crippen LogP contribution in [-0.4, -0.2) is 23.6 Å². The number of hydrogen-bond acceptors (Lipinski definition) is 4. The minimum Gasteiger partial charge on any atom is -0.494 e. The van der Waals surface area contributed by atoms with Gasteiger partial charge in [-0.15, -0.1) is 0 Å². The molecule has 0 aliphatic rings. The Morgan fingerprint density at radius 1 is 1.24 bits per heavy atom. The van der Waals surface area contributed by atoms with Crippen LogP contribution in [0.3, 0.4) is 0 Å². The Labute approximate surface area is 145 Å². The van der Waals surface area contributed by atoms with Gasteiger partial charge in [-0.25, -0.2) is 4.79 Å². The van der Waals surface area contributed by atoms with Crippen molar-refractivity contribution in [1.29, 1.82) is 5.26 Å². The summed E-state index contributed by atoms with van der Waals surface area (Å²) < 4.78 is 5.34. The Balaban J connectivity index is 2.16. The molecule has 6 nitrogen and oxygen atoms in total. The number of nitrogens with zero attached hydrogens (tertiary/aromatic N) is 1. The van der Waals surface area contributed by atoms with E-state index in [1.807, 2.05) is 13.0 Å². The van der Waals surface area contributed by atoms with E-state index in [0.29, 0.717) is 23.6 Å². The second kappa shape index (κ2) is 8.31. The molecule has 0 saturated heterocycles. The lowest BCUT2D eigenvalue weighted by Crippen LogP contribution is -2.13. The number of carboxylic acid groups (broad SMARTS) is 1. The van der Waals surface area contributed by atoms with Crippen LogP contribution in [0.2, 0.25) is 0 Å². The molecule has 0 fully saturated rings. The molecular formula is C19H16N2O4. The molecule has 2 aromatic rings. The van der Waals surface area contributed by atoms with E-state index in [1.54, 1.807) is 30.3 Å². The highest BCUT2D eigenvalue weighted by molar-refractivity contribution is 6.10. The number of amides is 1. The van der Waals surface area contributed by atoms with Gasteiger partial charge in [0.1, 0.15) is 17.4 Å². The highest BCUT2D eigenvalue weighted by Crippen LogP contribution is 2.16. The predicted molar refractivity (Wildman–Crippen MR) is 93.2 cm³/mol. The lowest BCUT2D eigenvalue weighted by atomic mass is 10.1. The van der Waals surface area contributed by atoms with Crippen LogP contribution in [0.15, 0.2) is 54.1 Å². The Hall–Kier alpha value is -3.59. The summed E-state index contributed by atoms with van der Waals surface area (Å²) in [4.78, 5) is 23.2. The molecule has 0 unspecified atom stereocenters. The molecule has 0 spiro atoms. The fourth-order valence-corrected chi connectivity index (χ4v) is 2.07. The van der Waals surface area contributed by atoms with Crippen molar-refractivity contribution in [3.8, 4) is 11.8 Å². The third kappa shape index (κ3) is 4.94. The number of carboxylic acids is 1. The van der Waals surface area contributed by atoms with Gasteiger partial charge in [-0.3, -0.25) is 4.79 Å². The first kappa shape index (κ1) is 17.8. The van der Waals surface area contributed by atoms with E-state index in [4.69, 9.17) is 9.84 Å². The van der Waals surface area contributed by atoms with Gasteiger partial charge >= 0.3 is 5.97 Å². The fraction of sp³-hybridized carbons (Fsp3) is 0.105. The first-order valence-electron chi connectivity index (χ1n) is 7.53. The zero-order chi connectivity index (χ0) is 18.2. The standard InChI is InChI=1S/C19H16N2O4/c1-2-25-17-8-6-13(7-9-17)10-15(12-20)18(22)21-16-5-3-4-14(11-16)19(23)24/h3-11H,2H2,1H3,(H,21,22)(H,23,24). The number of nitrogens with one attached hydrogen (secondary N) is 1. The van der Waals surface area contributed by atoms with Gasteiger partial charge in [0, 0.05) is 5.69 Å². The third-order valence-electron chi connectivity index (χ3n) is 3.23. The van der Waals surface area contributed by atoms with Crippen molar-refractivity contribution in [1.82, 2.24) is 0 Å². The zero-order valence-corrected chi connectivity index (χ0v) is 13.5. The Morgan fingerprint density at radius 2 is 1.96 bits per heavy atom. The molecule has 0 saturated carbocycles. The molecule has 0 heterocycles. The van der Waals surface area contributed by atoms with Gasteiger partial charge < -0.3 is 15.2 Å². The van der Waals surface area contributed by atoms with Crippen molar-refractivity contribution in [3.63, 3.8) is 0 Å². The molecule has 0 aromatic heterocycles. The number of carbonyl (C=O) groups excluding carboxylic acids is 1. The first-order chi connectivity index (χ1) is 12.0. The highest BCUT2D eigenvalue weighted by Gasteiger charge is 2.11. The molecule has 1 amide bonds. The van der Waals surface area contributed by atoms with Crippen molar-refractivity contribution in [2.24, 2.45) is 0 Å². The van der Waals surface area contributed by atoms with E-state index in [9.17, 15) is 14.9 Å².